The van der Waals surface area contributed by atoms with E-state index in [-0.39, 0.29) is 19.0 Å². The second-order valence-electron chi connectivity index (χ2n) is 13.5. The van der Waals surface area contributed by atoms with Crippen molar-refractivity contribution in [3.8, 4) is 0 Å². The Balaban J connectivity index is 0.0000176. The number of β-amino-alcohol motifs (C(OH)–C–C–N with tert-alkyl or cyclic N) is 1. The van der Waals surface area contributed by atoms with Gasteiger partial charge in [0, 0.05) is 32.8 Å². The fourth-order valence-corrected chi connectivity index (χ4v) is 6.83. The lowest BCUT2D eigenvalue weighted by atomic mass is 10.0. The van der Waals surface area contributed by atoms with E-state index >= 15 is 0 Å². The monoisotopic (exact) mass is 631 g/mol. The summed E-state index contributed by atoms with van der Waals surface area (Å²) in [7, 11) is 0. The van der Waals surface area contributed by atoms with Gasteiger partial charge in [-0.2, -0.15) is 0 Å². The van der Waals surface area contributed by atoms with Gasteiger partial charge in [0.15, 0.2) is 0 Å². The number of rotatable bonds is 34. The smallest absolute Gasteiger partial charge is 0.0624 e. The highest BCUT2D eigenvalue weighted by Gasteiger charge is 2.30. The summed E-state index contributed by atoms with van der Waals surface area (Å²) in [5.41, 5.74) is 0. The fourth-order valence-electron chi connectivity index (χ4n) is 6.83. The molecule has 1 rings (SSSR count). The number of aliphatic hydroxyl groups excluding tert-OH is 1. The second kappa shape index (κ2) is 35.0. The lowest BCUT2D eigenvalue weighted by Crippen LogP contribution is -2.41. The van der Waals surface area contributed by atoms with Crippen molar-refractivity contribution in [2.45, 2.75) is 200 Å². The molecule has 0 aromatic rings. The van der Waals surface area contributed by atoms with E-state index in [4.69, 9.17) is 4.74 Å². The molecule has 1 unspecified atom stereocenters. The summed E-state index contributed by atoms with van der Waals surface area (Å²) in [5.74, 6) is 0. The van der Waals surface area contributed by atoms with Crippen molar-refractivity contribution in [2.75, 3.05) is 46.0 Å². The first-order chi connectivity index (χ1) is 20.8. The molecule has 1 atom stereocenters. The highest BCUT2D eigenvalue weighted by atomic mass is 35.5. The Morgan fingerprint density at radius 2 is 0.814 bits per heavy atom. The van der Waals surface area contributed by atoms with Gasteiger partial charge < -0.3 is 9.84 Å². The van der Waals surface area contributed by atoms with Gasteiger partial charge in [-0.05, 0) is 12.8 Å². The third-order valence-electron chi connectivity index (χ3n) is 9.64. The molecule has 1 N–H and O–H groups in total. The van der Waals surface area contributed by atoms with Crippen LogP contribution in [0.3, 0.4) is 0 Å². The second-order valence-corrected chi connectivity index (χ2v) is 13.5. The maximum absolute atomic E-state index is 9.56. The summed E-state index contributed by atoms with van der Waals surface area (Å²) in [6.45, 7) is 10.8. The summed E-state index contributed by atoms with van der Waals surface area (Å²) in [5, 5.41) is 9.56. The molecule has 0 saturated carbocycles. The third kappa shape index (κ3) is 27.0. The zero-order valence-corrected chi connectivity index (χ0v) is 30.3. The first kappa shape index (κ1) is 43.1. The lowest BCUT2D eigenvalue weighted by Gasteiger charge is -2.30. The van der Waals surface area contributed by atoms with Gasteiger partial charge in [0.25, 0.3) is 0 Å². The Kier molecular flexibility index (Phi) is 35.1. The molecule has 1 aliphatic rings. The van der Waals surface area contributed by atoms with Crippen LogP contribution in [0.25, 0.3) is 0 Å². The molecule has 5 heteroatoms. The van der Waals surface area contributed by atoms with Crippen molar-refractivity contribution in [2.24, 2.45) is 0 Å². The third-order valence-corrected chi connectivity index (χ3v) is 9.64. The topological polar surface area (TPSA) is 35.9 Å². The summed E-state index contributed by atoms with van der Waals surface area (Å²) in [6.07, 6.45) is 39.8. The van der Waals surface area contributed by atoms with E-state index in [1.54, 1.807) is 0 Å². The molecule has 0 amide bonds. The highest BCUT2D eigenvalue weighted by molar-refractivity contribution is 5.85. The van der Waals surface area contributed by atoms with E-state index in [9.17, 15) is 5.11 Å². The van der Waals surface area contributed by atoms with Gasteiger partial charge >= 0.3 is 0 Å². The molecule has 1 saturated heterocycles. The van der Waals surface area contributed by atoms with E-state index in [0.29, 0.717) is 6.17 Å². The number of hydrogen-bond acceptors (Lipinski definition) is 4. The van der Waals surface area contributed by atoms with Crippen LogP contribution in [0.1, 0.15) is 194 Å². The molecule has 0 aliphatic carbocycles. The molecule has 0 radical (unpaired) electrons. The number of unbranched alkanes of at least 4 members (excludes halogenated alkanes) is 25. The molecule has 1 fully saturated rings. The van der Waals surface area contributed by atoms with Crippen molar-refractivity contribution in [1.82, 2.24) is 9.80 Å². The van der Waals surface area contributed by atoms with Crippen LogP contribution in [-0.2, 0) is 4.74 Å². The summed E-state index contributed by atoms with van der Waals surface area (Å²) in [6, 6.07) is 0. The molecular weight excluding hydrogens is 552 g/mol. The zero-order valence-electron chi connectivity index (χ0n) is 29.5. The van der Waals surface area contributed by atoms with E-state index in [1.807, 2.05) is 0 Å². The van der Waals surface area contributed by atoms with Crippen molar-refractivity contribution < 1.29 is 9.84 Å². The predicted octanol–water partition coefficient (Wildman–Crippen LogP) is 11.3. The van der Waals surface area contributed by atoms with Crippen LogP contribution < -0.4 is 0 Å². The van der Waals surface area contributed by atoms with E-state index in [2.05, 4.69) is 23.6 Å². The minimum Gasteiger partial charge on any atom is -0.395 e. The van der Waals surface area contributed by atoms with Crippen LogP contribution in [0, 0.1) is 0 Å². The van der Waals surface area contributed by atoms with Crippen LogP contribution in [0.15, 0.2) is 0 Å². The number of hydrogen-bond donors (Lipinski definition) is 1. The zero-order chi connectivity index (χ0) is 30.2. The molecular formula is C38H79ClN2O2. The highest BCUT2D eigenvalue weighted by Crippen LogP contribution is 2.21. The Bertz CT molecular complexity index is 524. The van der Waals surface area contributed by atoms with Crippen LogP contribution in [0.5, 0.6) is 0 Å². The minimum atomic E-state index is 0. The molecule has 1 heterocycles. The maximum atomic E-state index is 9.56. The summed E-state index contributed by atoms with van der Waals surface area (Å²) >= 11 is 0. The summed E-state index contributed by atoms with van der Waals surface area (Å²) < 4.78 is 6.06. The first-order valence-electron chi connectivity index (χ1n) is 19.5. The van der Waals surface area contributed by atoms with Crippen molar-refractivity contribution in [3.63, 3.8) is 0 Å². The van der Waals surface area contributed by atoms with Gasteiger partial charge in [0.05, 0.1) is 19.4 Å². The van der Waals surface area contributed by atoms with Gasteiger partial charge in [-0.3, -0.25) is 9.80 Å². The fraction of sp³-hybridized carbons (Fsp3) is 1.00. The largest absolute Gasteiger partial charge is 0.395 e. The number of ether oxygens (including phenoxy) is 1. The van der Waals surface area contributed by atoms with Crippen molar-refractivity contribution >= 4 is 12.4 Å². The molecule has 0 aromatic carbocycles. The quantitative estimate of drug-likeness (QED) is 0.0717. The molecule has 4 nitrogen and oxygen atoms in total. The van der Waals surface area contributed by atoms with Crippen LogP contribution >= 0.6 is 12.4 Å². The Morgan fingerprint density at radius 1 is 0.465 bits per heavy atom. The van der Waals surface area contributed by atoms with E-state index in [1.165, 1.54) is 180 Å². The Morgan fingerprint density at radius 3 is 1.21 bits per heavy atom. The standard InChI is InChI=1S/C38H78N2O2.ClH/c1-3-5-7-9-11-13-15-17-19-21-23-25-27-29-36-42-37-34-40-32-31-39(33-35-41)38(40)30-28-26-24-22-20-18-16-14-12-10-8-6-4-2;/h38,41H,3-37H2,1-2H3;1H. The first-order valence-corrected chi connectivity index (χ1v) is 19.5. The average Bonchev–Trinajstić information content (AvgIpc) is 3.38. The Labute approximate surface area is 277 Å². The van der Waals surface area contributed by atoms with Crippen LogP contribution in [-0.4, -0.2) is 67.1 Å². The molecule has 0 spiro atoms. The van der Waals surface area contributed by atoms with Gasteiger partial charge in [0.2, 0.25) is 0 Å². The SMILES string of the molecule is CCCCCCCCCCCCCCCCOCCN1CCN(CCO)C1CCCCCCCCCCCCCCC.Cl. The molecule has 260 valence electrons. The average molecular weight is 632 g/mol. The van der Waals surface area contributed by atoms with Gasteiger partial charge in [-0.25, -0.2) is 0 Å². The molecule has 43 heavy (non-hydrogen) atoms. The van der Waals surface area contributed by atoms with Crippen molar-refractivity contribution in [3.05, 3.63) is 0 Å². The van der Waals surface area contributed by atoms with Gasteiger partial charge in [-0.15, -0.1) is 12.4 Å². The molecule has 0 aromatic heterocycles. The minimum absolute atomic E-state index is 0. The normalized spacial score (nSPS) is 15.8. The van der Waals surface area contributed by atoms with Gasteiger partial charge in [0.1, 0.15) is 0 Å². The summed E-state index contributed by atoms with van der Waals surface area (Å²) in [4.78, 5) is 5.13. The number of nitrogens with zero attached hydrogens (tertiary/aromatic N) is 2. The predicted molar refractivity (Wildman–Crippen MR) is 193 cm³/mol. The van der Waals surface area contributed by atoms with E-state index in [0.717, 1.165) is 39.4 Å². The maximum Gasteiger partial charge on any atom is 0.0624 e. The van der Waals surface area contributed by atoms with Crippen molar-refractivity contribution in [1.29, 1.82) is 0 Å². The Hall–Kier alpha value is 0.130. The van der Waals surface area contributed by atoms with Crippen LogP contribution in [0.2, 0.25) is 0 Å². The lowest BCUT2D eigenvalue weighted by molar-refractivity contribution is 0.0634. The van der Waals surface area contributed by atoms with Gasteiger partial charge in [-0.1, -0.05) is 181 Å². The van der Waals surface area contributed by atoms with E-state index < -0.39 is 0 Å². The number of aliphatic hydroxyl groups is 1. The number of halogens is 1. The molecule has 1 aliphatic heterocycles. The molecule has 0 bridgehead atoms. The van der Waals surface area contributed by atoms with Crippen LogP contribution in [0.4, 0.5) is 0 Å².